The molecule has 2 aromatic heterocycles. The molecule has 19 heavy (non-hydrogen) atoms. The predicted octanol–water partition coefficient (Wildman–Crippen LogP) is 1.76. The van der Waals surface area contributed by atoms with Crippen LogP contribution in [0.25, 0.3) is 0 Å². The highest BCUT2D eigenvalue weighted by atomic mass is 16.2. The van der Waals surface area contributed by atoms with Crippen LogP contribution in [0, 0.1) is 0 Å². The number of aromatic nitrogens is 4. The van der Waals surface area contributed by atoms with Gasteiger partial charge in [-0.2, -0.15) is 5.10 Å². The summed E-state index contributed by atoms with van der Waals surface area (Å²) >= 11 is 0. The number of hydrogen-bond acceptors (Lipinski definition) is 3. The van der Waals surface area contributed by atoms with Crippen molar-refractivity contribution in [3.05, 3.63) is 35.7 Å². The summed E-state index contributed by atoms with van der Waals surface area (Å²) in [5, 5.41) is 7.09. The summed E-state index contributed by atoms with van der Waals surface area (Å²) in [5.74, 6) is 0.864. The Hall–Kier alpha value is -2.11. The molecule has 0 spiro atoms. The van der Waals surface area contributed by atoms with E-state index in [1.807, 2.05) is 20.8 Å². The van der Waals surface area contributed by atoms with Crippen molar-refractivity contribution in [2.24, 2.45) is 7.05 Å². The minimum absolute atomic E-state index is 0.132. The molecule has 2 rings (SSSR count). The van der Waals surface area contributed by atoms with Gasteiger partial charge in [-0.3, -0.25) is 9.48 Å². The van der Waals surface area contributed by atoms with Crippen molar-refractivity contribution < 1.29 is 4.79 Å². The van der Waals surface area contributed by atoms with E-state index >= 15 is 0 Å². The van der Waals surface area contributed by atoms with E-state index in [1.165, 1.54) is 0 Å². The number of imidazole rings is 1. The van der Waals surface area contributed by atoms with Crippen LogP contribution >= 0.6 is 0 Å². The number of aryl methyl sites for hydroxylation is 1. The van der Waals surface area contributed by atoms with Crippen molar-refractivity contribution in [2.75, 3.05) is 0 Å². The van der Waals surface area contributed by atoms with Crippen LogP contribution in [0.1, 0.15) is 54.6 Å². The predicted molar refractivity (Wildman–Crippen MR) is 71.8 cm³/mol. The van der Waals surface area contributed by atoms with Crippen molar-refractivity contribution >= 4 is 5.91 Å². The topological polar surface area (TPSA) is 75.6 Å². The van der Waals surface area contributed by atoms with Gasteiger partial charge in [-0.05, 0) is 12.8 Å². The molecule has 0 bridgehead atoms. The highest BCUT2D eigenvalue weighted by Gasteiger charge is 2.21. The van der Waals surface area contributed by atoms with E-state index in [0.29, 0.717) is 5.69 Å². The van der Waals surface area contributed by atoms with E-state index in [1.54, 1.807) is 30.3 Å². The van der Waals surface area contributed by atoms with Gasteiger partial charge in [0, 0.05) is 25.0 Å². The third kappa shape index (κ3) is 2.67. The molecule has 0 saturated heterocycles. The fourth-order valence-electron chi connectivity index (χ4n) is 2.00. The first-order chi connectivity index (χ1) is 9.00. The van der Waals surface area contributed by atoms with Crippen molar-refractivity contribution in [3.8, 4) is 0 Å². The number of carbonyl (C=O) groups excluding carboxylic acids is 1. The van der Waals surface area contributed by atoms with E-state index in [0.717, 1.165) is 11.4 Å². The minimum atomic E-state index is -0.169. The van der Waals surface area contributed by atoms with Crippen LogP contribution in [0.3, 0.4) is 0 Å². The van der Waals surface area contributed by atoms with Crippen LogP contribution in [0.4, 0.5) is 0 Å². The van der Waals surface area contributed by atoms with Gasteiger partial charge < -0.3 is 10.3 Å². The lowest BCUT2D eigenvalue weighted by atomic mass is 10.0. The average molecular weight is 261 g/mol. The van der Waals surface area contributed by atoms with E-state index in [4.69, 9.17) is 0 Å². The zero-order chi connectivity index (χ0) is 14.0. The first-order valence-electron chi connectivity index (χ1n) is 6.32. The third-order valence-corrected chi connectivity index (χ3v) is 3.08. The first kappa shape index (κ1) is 13.3. The normalized spacial score (nSPS) is 12.7. The molecule has 0 aliphatic carbocycles. The molecule has 6 heteroatoms. The lowest BCUT2D eigenvalue weighted by Gasteiger charge is -2.13. The molecular formula is C13H19N5O. The maximum Gasteiger partial charge on any atom is 0.270 e. The average Bonchev–Trinajstić information content (AvgIpc) is 2.96. The van der Waals surface area contributed by atoms with Gasteiger partial charge in [0.25, 0.3) is 5.91 Å². The molecule has 2 aromatic rings. The molecule has 0 fully saturated rings. The fraction of sp³-hybridized carbons (Fsp3) is 0.462. The van der Waals surface area contributed by atoms with Crippen molar-refractivity contribution in [1.29, 1.82) is 0 Å². The standard InChI is InChI=1S/C13H19N5O/c1-8(2)10-7-16-18(4)11(10)13(19)17-9(3)12-14-5-6-15-12/h5-9H,1-4H3,(H,14,15)(H,17,19)/t9-/m1/s1. The van der Waals surface area contributed by atoms with E-state index in [2.05, 4.69) is 20.4 Å². The molecule has 2 N–H and O–H groups in total. The minimum Gasteiger partial charge on any atom is -0.347 e. The summed E-state index contributed by atoms with van der Waals surface area (Å²) in [6.07, 6.45) is 5.15. The highest BCUT2D eigenvalue weighted by molar-refractivity contribution is 5.94. The molecule has 1 atom stereocenters. The summed E-state index contributed by atoms with van der Waals surface area (Å²) in [6.45, 7) is 5.98. The Kier molecular flexibility index (Phi) is 3.69. The zero-order valence-electron chi connectivity index (χ0n) is 11.6. The lowest BCUT2D eigenvalue weighted by Crippen LogP contribution is -2.30. The molecule has 1 amide bonds. The van der Waals surface area contributed by atoms with Crippen molar-refractivity contribution in [1.82, 2.24) is 25.1 Å². The summed E-state index contributed by atoms with van der Waals surface area (Å²) in [6, 6.07) is -0.169. The maximum absolute atomic E-state index is 12.3. The van der Waals surface area contributed by atoms with Crippen LogP contribution in [-0.2, 0) is 7.05 Å². The zero-order valence-corrected chi connectivity index (χ0v) is 11.6. The smallest absolute Gasteiger partial charge is 0.270 e. The highest BCUT2D eigenvalue weighted by Crippen LogP contribution is 2.19. The number of rotatable bonds is 4. The molecular weight excluding hydrogens is 242 g/mol. The second-order valence-electron chi connectivity index (χ2n) is 4.90. The number of aromatic amines is 1. The van der Waals surface area contributed by atoms with Crippen molar-refractivity contribution in [3.63, 3.8) is 0 Å². The third-order valence-electron chi connectivity index (χ3n) is 3.08. The number of nitrogens with zero attached hydrogens (tertiary/aromatic N) is 3. The molecule has 0 unspecified atom stereocenters. The largest absolute Gasteiger partial charge is 0.347 e. The van der Waals surface area contributed by atoms with Gasteiger partial charge in [0.05, 0.1) is 12.2 Å². The molecule has 0 radical (unpaired) electrons. The Balaban J connectivity index is 2.18. The van der Waals surface area contributed by atoms with Gasteiger partial charge in [-0.1, -0.05) is 13.8 Å². The number of nitrogens with one attached hydrogen (secondary N) is 2. The Morgan fingerprint density at radius 2 is 2.16 bits per heavy atom. The summed E-state index contributed by atoms with van der Waals surface area (Å²) in [5.41, 5.74) is 1.56. The van der Waals surface area contributed by atoms with Crippen LogP contribution in [-0.4, -0.2) is 25.7 Å². The second-order valence-corrected chi connectivity index (χ2v) is 4.90. The van der Waals surface area contributed by atoms with Gasteiger partial charge >= 0.3 is 0 Å². The second kappa shape index (κ2) is 5.26. The molecule has 6 nitrogen and oxygen atoms in total. The summed E-state index contributed by atoms with van der Waals surface area (Å²) < 4.78 is 1.61. The number of carbonyl (C=O) groups is 1. The number of hydrogen-bond donors (Lipinski definition) is 2. The van der Waals surface area contributed by atoms with E-state index in [-0.39, 0.29) is 17.9 Å². The molecule has 0 aromatic carbocycles. The Labute approximate surface area is 112 Å². The number of H-pyrrole nitrogens is 1. The van der Waals surface area contributed by atoms with Crippen molar-refractivity contribution in [2.45, 2.75) is 32.7 Å². The Morgan fingerprint density at radius 1 is 1.42 bits per heavy atom. The maximum atomic E-state index is 12.3. The SMILES string of the molecule is CC(C)c1cnn(C)c1C(=O)N[C@H](C)c1ncc[nH]1. The molecule has 0 saturated carbocycles. The molecule has 0 aliphatic heterocycles. The van der Waals surface area contributed by atoms with Gasteiger partial charge in [0.1, 0.15) is 11.5 Å². The molecule has 102 valence electrons. The van der Waals surface area contributed by atoms with Crippen LogP contribution in [0.15, 0.2) is 18.6 Å². The fourth-order valence-corrected chi connectivity index (χ4v) is 2.00. The molecule has 0 aliphatic rings. The van der Waals surface area contributed by atoms with Crippen LogP contribution in [0.5, 0.6) is 0 Å². The first-order valence-corrected chi connectivity index (χ1v) is 6.32. The number of amides is 1. The Bertz CT molecular complexity index is 556. The van der Waals surface area contributed by atoms with E-state index < -0.39 is 0 Å². The van der Waals surface area contributed by atoms with Gasteiger partial charge in [0.2, 0.25) is 0 Å². The Morgan fingerprint density at radius 3 is 2.74 bits per heavy atom. The van der Waals surface area contributed by atoms with Gasteiger partial charge in [-0.15, -0.1) is 0 Å². The van der Waals surface area contributed by atoms with Crippen LogP contribution < -0.4 is 5.32 Å². The van der Waals surface area contributed by atoms with Gasteiger partial charge in [0.15, 0.2) is 0 Å². The lowest BCUT2D eigenvalue weighted by molar-refractivity contribution is 0.0927. The molecule has 2 heterocycles. The van der Waals surface area contributed by atoms with E-state index in [9.17, 15) is 4.79 Å². The summed E-state index contributed by atoms with van der Waals surface area (Å²) in [4.78, 5) is 19.5. The quantitative estimate of drug-likeness (QED) is 0.880. The van der Waals surface area contributed by atoms with Crippen LogP contribution in [0.2, 0.25) is 0 Å². The summed E-state index contributed by atoms with van der Waals surface area (Å²) in [7, 11) is 1.78. The van der Waals surface area contributed by atoms with Gasteiger partial charge in [-0.25, -0.2) is 4.98 Å². The monoisotopic (exact) mass is 261 g/mol.